The molecule has 13 nitrogen and oxygen atoms in total. The van der Waals surface area contributed by atoms with E-state index in [0.717, 1.165) is 79.2 Å². The van der Waals surface area contributed by atoms with Crippen LogP contribution in [0.25, 0.3) is 0 Å². The number of benzene rings is 5. The summed E-state index contributed by atoms with van der Waals surface area (Å²) in [6.45, 7) is 31.8. The van der Waals surface area contributed by atoms with E-state index in [4.69, 9.17) is 24.3 Å². The summed E-state index contributed by atoms with van der Waals surface area (Å²) in [5.41, 5.74) is 0. The first-order chi connectivity index (χ1) is 47.2. The van der Waals surface area contributed by atoms with Crippen LogP contribution >= 0.6 is 22.6 Å². The topological polar surface area (TPSA) is 134 Å². The van der Waals surface area contributed by atoms with Crippen molar-refractivity contribution in [2.45, 2.75) is 298 Å². The fourth-order valence-corrected chi connectivity index (χ4v) is 13.8. The Kier molecular flexibility index (Phi) is 85.2. The first kappa shape index (κ1) is 118. The van der Waals surface area contributed by atoms with Gasteiger partial charge in [-0.2, -0.15) is 0 Å². The fraction of sp³-hybridized carbons (Fsp3) is 0.622. The number of aliphatic hydroxyl groups is 2. The average Bonchev–Trinajstić information content (AvgIpc) is 0.813. The Morgan fingerprint density at radius 2 is 0.515 bits per heavy atom. The maximum absolute atomic E-state index is 11.9. The van der Waals surface area contributed by atoms with Crippen LogP contribution in [0.4, 0.5) is 4.39 Å². The molecule has 20 rings (SSSR count). The summed E-state index contributed by atoms with van der Waals surface area (Å²) in [4.78, 5) is 23.5. The predicted octanol–water partition coefficient (Wildman–Crippen LogP) is 12.2. The quantitative estimate of drug-likeness (QED) is 0.0527. The van der Waals surface area contributed by atoms with E-state index in [1.807, 2.05) is 220 Å². The smallest absolute Gasteiger partial charge is 1.00 e. The van der Waals surface area contributed by atoms with Gasteiger partial charge in [-0.3, -0.25) is 4.79 Å². The van der Waals surface area contributed by atoms with Gasteiger partial charge < -0.3 is 60.5 Å². The Hall–Kier alpha value is 2.06. The molecule has 103 heavy (non-hydrogen) atoms. The van der Waals surface area contributed by atoms with E-state index in [0.29, 0.717) is 42.5 Å². The molecular weight excluding hydrogens is 2020 g/mol. The largest absolute Gasteiger partial charge is 1.00 e. The van der Waals surface area contributed by atoms with Crippen molar-refractivity contribution in [2.24, 2.45) is 0 Å². The molecule has 5 saturated carbocycles. The van der Waals surface area contributed by atoms with Gasteiger partial charge in [0.1, 0.15) is 41.4 Å². The molecular formula is C82H137Cs2FIN5O8Pd4. The molecule has 10 saturated heterocycles. The van der Waals surface area contributed by atoms with Crippen molar-refractivity contribution < 1.29 is 265 Å². The summed E-state index contributed by atoms with van der Waals surface area (Å²) in [7, 11) is 11.0. The number of hydrogen-bond donors (Lipinski definition) is 2. The normalized spacial score (nSPS) is 25.8. The maximum Gasteiger partial charge on any atom is 1.00 e. The molecule has 2 N–H and O–H groups in total. The molecule has 10 bridgehead atoms. The second-order valence-corrected chi connectivity index (χ2v) is 24.9. The summed E-state index contributed by atoms with van der Waals surface area (Å²) in [6.07, 6.45) is 19.3. The van der Waals surface area contributed by atoms with Gasteiger partial charge in [0, 0.05) is 146 Å². The van der Waals surface area contributed by atoms with E-state index < -0.39 is 0 Å². The molecule has 0 aromatic heterocycles. The first-order valence-electron chi connectivity index (χ1n) is 37.5. The molecule has 10 unspecified atom stereocenters. The number of carbonyl (C=O) groups excluding carboxylic acids is 1. The molecule has 0 amide bonds. The number of fused-ring (bicyclic) bond motifs is 10. The van der Waals surface area contributed by atoms with E-state index in [1.54, 1.807) is 18.2 Å². The number of ether oxygens (including phenoxy) is 3. The fourth-order valence-electron chi connectivity index (χ4n) is 13.4. The van der Waals surface area contributed by atoms with Gasteiger partial charge in [0.25, 0.3) is 6.47 Å². The number of hydrogen-bond acceptors (Lipinski definition) is 13. The van der Waals surface area contributed by atoms with Crippen LogP contribution in [-0.2, 0) is 91.4 Å². The van der Waals surface area contributed by atoms with Crippen molar-refractivity contribution in [3.05, 3.63) is 161 Å². The summed E-state index contributed by atoms with van der Waals surface area (Å²) >= 11 is 2.28. The molecule has 5 aromatic rings. The average molecular weight is 2160 g/mol. The number of rotatable bonds is 7. The zero-order valence-electron chi connectivity index (χ0n) is 68.4. The van der Waals surface area contributed by atoms with Gasteiger partial charge in [-0.05, 0) is 215 Å². The van der Waals surface area contributed by atoms with E-state index in [-0.39, 0.29) is 245 Å². The molecule has 15 aliphatic rings. The molecule has 21 heteroatoms. The number of aliphatic hydroxyl groups excluding tert-OH is 2. The Balaban J connectivity index is -0.000000166. The van der Waals surface area contributed by atoms with Crippen LogP contribution in [0.3, 0.4) is 0 Å². The molecule has 15 fully saturated rings. The van der Waals surface area contributed by atoms with Gasteiger partial charge in [0.15, 0.2) is 0 Å². The number of para-hydroxylation sites is 3. The molecule has 10 aliphatic heterocycles. The van der Waals surface area contributed by atoms with Crippen LogP contribution in [-0.4, -0.2) is 167 Å². The number of nitrogens with zero attached hydrogens (tertiary/aromatic N) is 5. The van der Waals surface area contributed by atoms with Crippen molar-refractivity contribution in [1.29, 1.82) is 0 Å². The number of piperidine rings is 5. The third-order valence-electron chi connectivity index (χ3n) is 18.5. The molecule has 594 valence electrons. The van der Waals surface area contributed by atoms with Crippen molar-refractivity contribution in [2.75, 3.05) is 35.2 Å². The van der Waals surface area contributed by atoms with Crippen molar-refractivity contribution in [3.8, 4) is 17.2 Å². The minimum atomic E-state index is -0.181. The molecule has 5 aliphatic carbocycles. The van der Waals surface area contributed by atoms with Crippen LogP contribution in [0.1, 0.15) is 209 Å². The van der Waals surface area contributed by atoms with Gasteiger partial charge in [0.05, 0.1) is 12.2 Å². The van der Waals surface area contributed by atoms with E-state index in [2.05, 4.69) is 99.3 Å². The van der Waals surface area contributed by atoms with Gasteiger partial charge in [-0.15, -0.1) is 0 Å². The minimum absolute atomic E-state index is 0. The Morgan fingerprint density at radius 3 is 0.641 bits per heavy atom. The number of halogens is 2. The summed E-state index contributed by atoms with van der Waals surface area (Å²) in [5, 5.41) is 26.8. The van der Waals surface area contributed by atoms with Crippen LogP contribution in [0.2, 0.25) is 0 Å². The van der Waals surface area contributed by atoms with E-state index in [1.165, 1.54) is 86.3 Å². The summed E-state index contributed by atoms with van der Waals surface area (Å²) in [6, 6.07) is 56.2. The van der Waals surface area contributed by atoms with Crippen LogP contribution in [0, 0.1) is 9.39 Å². The SMILES string of the molecule is CC.CC.CC.CC.CC.CC.CC.CC.CN1C2CC(O)CC1C2.CN1C2CC(O)CC1C2.CN1C2CC(Oc3ccccc3)CC1C2.CN1C2CC(Oc3ccccc3)CC1C2.CN1C2CC(Oc3ccccc3)CC1C2.Fc1ccccc1.Ic1ccccc1.O=CO[O-].[Cs+].[Cs+].[H-].[Pd].[Pd].[Pd].[Pd]. The molecule has 10 heterocycles. The zero-order chi connectivity index (χ0) is 73.3. The van der Waals surface area contributed by atoms with Gasteiger partial charge in [0.2, 0.25) is 0 Å². The maximum atomic E-state index is 11.9. The Bertz CT molecular complexity index is 2310. The minimum Gasteiger partial charge on any atom is -1.00 e. The third kappa shape index (κ3) is 45.1. The second-order valence-electron chi connectivity index (χ2n) is 23.7. The van der Waals surface area contributed by atoms with Crippen molar-refractivity contribution in [3.63, 3.8) is 0 Å². The van der Waals surface area contributed by atoms with E-state index >= 15 is 0 Å². The molecule has 0 spiro atoms. The van der Waals surface area contributed by atoms with Crippen molar-refractivity contribution >= 4 is 29.1 Å². The van der Waals surface area contributed by atoms with Crippen LogP contribution in [0.5, 0.6) is 17.2 Å². The molecule has 10 atom stereocenters. The predicted molar refractivity (Wildman–Crippen MR) is 415 cm³/mol. The van der Waals surface area contributed by atoms with Gasteiger partial charge >= 0.3 is 138 Å². The van der Waals surface area contributed by atoms with E-state index in [9.17, 15) is 14.6 Å². The van der Waals surface area contributed by atoms with Gasteiger partial charge in [-0.25, -0.2) is 4.39 Å². The van der Waals surface area contributed by atoms with Crippen LogP contribution < -0.4 is 157 Å². The van der Waals surface area contributed by atoms with Crippen molar-refractivity contribution in [1.82, 2.24) is 24.5 Å². The summed E-state index contributed by atoms with van der Waals surface area (Å²) < 4.78 is 31.1. The molecule has 5 aromatic carbocycles. The third-order valence-corrected chi connectivity index (χ3v) is 19.2. The molecule has 0 radical (unpaired) electrons. The Labute approximate surface area is 816 Å². The second kappa shape index (κ2) is 74.2. The zero-order valence-corrected chi connectivity index (χ0v) is 88.3. The summed E-state index contributed by atoms with van der Waals surface area (Å²) in [5.74, 6) is 2.88. The number of carbonyl (C=O) groups is 1. The Morgan fingerprint density at radius 1 is 0.350 bits per heavy atom. The van der Waals surface area contributed by atoms with Crippen LogP contribution in [0.15, 0.2) is 152 Å². The monoisotopic (exact) mass is 2160 g/mol. The first-order valence-corrected chi connectivity index (χ1v) is 38.5. The standard InChI is InChI=1S/3C13H17NO.2C7H13NO.C6H5F.C6H5I.8C2H6.CH2O3.2Cs.4Pd.H/c3*1-14-10-7-11(14)9-13(8-10)15-12-5-3-2-4-6-12;2*1-8-5-2-6(8)4-7(9)3-5;2*7-6-4-2-1-3-5-6;8*1-2;2-1-4-3;;;;;;;/h3*2-6,10-11,13H,7-9H2,1H3;2*5-7,9H,2-4H2,1H3;2*1-5H;8*1-2H3;1,3H;;;;;;;/q;;;;;;;;;;;;;;;;2*+1;;;;;-1/p-1. The van der Waals surface area contributed by atoms with Gasteiger partial charge in [-0.1, -0.05) is 202 Å².